The number of amides is 1. The molecule has 0 aliphatic carbocycles. The first-order valence-electron chi connectivity index (χ1n) is 8.09. The highest BCUT2D eigenvalue weighted by Gasteiger charge is 2.21. The van der Waals surface area contributed by atoms with Crippen molar-refractivity contribution < 1.29 is 27.8 Å². The predicted octanol–water partition coefficient (Wildman–Crippen LogP) is 2.27. The fourth-order valence-corrected chi connectivity index (χ4v) is 2.38. The van der Waals surface area contributed by atoms with E-state index in [-0.39, 0.29) is 5.89 Å². The van der Waals surface area contributed by atoms with E-state index in [9.17, 15) is 18.7 Å². The molecule has 1 unspecified atom stereocenters. The van der Waals surface area contributed by atoms with Crippen LogP contribution in [-0.4, -0.2) is 34.6 Å². The maximum Gasteiger partial charge on any atom is 0.254 e. The highest BCUT2D eigenvalue weighted by Crippen LogP contribution is 2.25. The maximum absolute atomic E-state index is 14.1. The monoisotopic (exact) mass is 390 g/mol. The van der Waals surface area contributed by atoms with Crippen LogP contribution in [0.4, 0.5) is 14.6 Å². The number of nitrogens with one attached hydrogen (secondary N) is 1. The van der Waals surface area contributed by atoms with Gasteiger partial charge in [0, 0.05) is 18.8 Å². The van der Waals surface area contributed by atoms with Crippen LogP contribution in [0.3, 0.4) is 0 Å². The van der Waals surface area contributed by atoms with Gasteiger partial charge in [-0.1, -0.05) is 0 Å². The number of rotatable bonds is 7. The number of pyridine rings is 1. The number of carbonyl (C=O) groups excluding carboxylic acids is 1. The summed E-state index contributed by atoms with van der Waals surface area (Å²) in [5.74, 6) is -3.44. The molecule has 8 nitrogen and oxygen atoms in total. The second-order valence-corrected chi connectivity index (χ2v) is 5.68. The van der Waals surface area contributed by atoms with Crippen LogP contribution in [0.15, 0.2) is 41.1 Å². The Morgan fingerprint density at radius 3 is 2.79 bits per heavy atom. The fraction of sp³-hybridized carbons (Fsp3) is 0.167. The van der Waals surface area contributed by atoms with E-state index in [2.05, 4.69) is 15.3 Å². The van der Waals surface area contributed by atoms with Gasteiger partial charge in [-0.25, -0.2) is 18.7 Å². The van der Waals surface area contributed by atoms with Crippen LogP contribution in [0, 0.1) is 11.6 Å². The Kier molecular flexibility index (Phi) is 5.50. The quantitative estimate of drug-likeness (QED) is 0.565. The van der Waals surface area contributed by atoms with Gasteiger partial charge < -0.3 is 25.3 Å². The summed E-state index contributed by atoms with van der Waals surface area (Å²) in [5.41, 5.74) is 5.14. The molecule has 28 heavy (non-hydrogen) atoms. The van der Waals surface area contributed by atoms with Crippen molar-refractivity contribution in [3.05, 3.63) is 59.8 Å². The molecule has 1 aromatic carbocycles. The minimum absolute atomic E-state index is 0.0645. The van der Waals surface area contributed by atoms with Gasteiger partial charge in [0.15, 0.2) is 17.7 Å². The van der Waals surface area contributed by atoms with Crippen LogP contribution < -0.4 is 15.8 Å². The van der Waals surface area contributed by atoms with E-state index in [1.807, 2.05) is 0 Å². The number of anilines is 1. The zero-order chi connectivity index (χ0) is 20.3. The van der Waals surface area contributed by atoms with Gasteiger partial charge in [-0.05, 0) is 24.3 Å². The molecule has 0 fully saturated rings. The Morgan fingerprint density at radius 1 is 1.36 bits per heavy atom. The van der Waals surface area contributed by atoms with Crippen molar-refractivity contribution in [2.75, 3.05) is 19.0 Å². The first-order chi connectivity index (χ1) is 13.4. The van der Waals surface area contributed by atoms with Gasteiger partial charge in [0.1, 0.15) is 35.8 Å². The Balaban J connectivity index is 1.71. The molecule has 10 heteroatoms. The fourth-order valence-electron chi connectivity index (χ4n) is 2.38. The topological polar surface area (TPSA) is 124 Å². The SMILES string of the molecule is CNc1ccc(-c2coc(C(O)COc3ccc(F)c(C(N)=O)c3F)n2)cn1. The summed E-state index contributed by atoms with van der Waals surface area (Å²) >= 11 is 0. The Labute approximate surface area is 158 Å². The maximum atomic E-state index is 14.1. The number of aliphatic hydroxyl groups excluding tert-OH is 1. The summed E-state index contributed by atoms with van der Waals surface area (Å²) in [5, 5.41) is 13.0. The normalized spacial score (nSPS) is 11.9. The molecule has 4 N–H and O–H groups in total. The molecule has 2 aromatic heterocycles. The number of nitrogens with two attached hydrogens (primary N) is 1. The molecule has 0 spiro atoms. The average molecular weight is 390 g/mol. The number of oxazole rings is 1. The molecule has 0 saturated heterocycles. The molecule has 0 bridgehead atoms. The smallest absolute Gasteiger partial charge is 0.254 e. The van der Waals surface area contributed by atoms with E-state index >= 15 is 0 Å². The van der Waals surface area contributed by atoms with Crippen molar-refractivity contribution in [2.24, 2.45) is 5.73 Å². The lowest BCUT2D eigenvalue weighted by Crippen LogP contribution is -2.17. The lowest BCUT2D eigenvalue weighted by molar-refractivity contribution is 0.0819. The van der Waals surface area contributed by atoms with Gasteiger partial charge in [-0.15, -0.1) is 0 Å². The van der Waals surface area contributed by atoms with E-state index in [1.165, 1.54) is 6.26 Å². The second kappa shape index (κ2) is 8.01. The van der Waals surface area contributed by atoms with Gasteiger partial charge in [-0.2, -0.15) is 0 Å². The molecule has 1 atom stereocenters. The van der Waals surface area contributed by atoms with Crippen LogP contribution in [0.2, 0.25) is 0 Å². The average Bonchev–Trinajstić information content (AvgIpc) is 3.17. The molecule has 2 heterocycles. The highest BCUT2D eigenvalue weighted by atomic mass is 19.1. The number of ether oxygens (including phenoxy) is 1. The number of halogens is 2. The molecular weight excluding hydrogens is 374 g/mol. The summed E-state index contributed by atoms with van der Waals surface area (Å²) in [7, 11) is 1.74. The molecule has 3 aromatic rings. The van der Waals surface area contributed by atoms with Crippen LogP contribution >= 0.6 is 0 Å². The lowest BCUT2D eigenvalue weighted by atomic mass is 10.1. The number of primary amides is 1. The molecular formula is C18H16F2N4O4. The predicted molar refractivity (Wildman–Crippen MR) is 94.6 cm³/mol. The molecule has 0 saturated carbocycles. The molecule has 0 aliphatic rings. The number of aliphatic hydroxyl groups is 1. The van der Waals surface area contributed by atoms with Gasteiger partial charge >= 0.3 is 0 Å². The van der Waals surface area contributed by atoms with Crippen molar-refractivity contribution in [3.63, 3.8) is 0 Å². The third-order valence-electron chi connectivity index (χ3n) is 3.82. The number of hydrogen-bond donors (Lipinski definition) is 3. The van der Waals surface area contributed by atoms with Crippen molar-refractivity contribution in [3.8, 4) is 17.0 Å². The number of hydrogen-bond acceptors (Lipinski definition) is 7. The minimum atomic E-state index is -1.33. The minimum Gasteiger partial charge on any atom is -0.487 e. The van der Waals surface area contributed by atoms with E-state index in [0.29, 0.717) is 17.1 Å². The molecule has 3 rings (SSSR count). The van der Waals surface area contributed by atoms with E-state index in [4.69, 9.17) is 14.9 Å². The van der Waals surface area contributed by atoms with Crippen LogP contribution in [0.5, 0.6) is 5.75 Å². The summed E-state index contributed by atoms with van der Waals surface area (Å²) in [6, 6.07) is 5.34. The summed E-state index contributed by atoms with van der Waals surface area (Å²) in [6.45, 7) is -0.447. The molecule has 0 radical (unpaired) electrons. The molecule has 1 amide bonds. The summed E-state index contributed by atoms with van der Waals surface area (Å²) in [6.07, 6.45) is 1.58. The number of aromatic nitrogens is 2. The lowest BCUT2D eigenvalue weighted by Gasteiger charge is -2.11. The third-order valence-corrected chi connectivity index (χ3v) is 3.82. The number of carbonyl (C=O) groups is 1. The Morgan fingerprint density at radius 2 is 2.14 bits per heavy atom. The zero-order valence-corrected chi connectivity index (χ0v) is 14.6. The van der Waals surface area contributed by atoms with Gasteiger partial charge in [0.05, 0.1) is 0 Å². The van der Waals surface area contributed by atoms with Crippen molar-refractivity contribution in [1.82, 2.24) is 9.97 Å². The zero-order valence-electron chi connectivity index (χ0n) is 14.6. The summed E-state index contributed by atoms with van der Waals surface area (Å²) < 4.78 is 38.0. The van der Waals surface area contributed by atoms with E-state index in [1.54, 1.807) is 25.4 Å². The summed E-state index contributed by atoms with van der Waals surface area (Å²) in [4.78, 5) is 19.4. The highest BCUT2D eigenvalue weighted by molar-refractivity contribution is 5.93. The first kappa shape index (κ1) is 19.2. The molecule has 146 valence electrons. The van der Waals surface area contributed by atoms with Crippen LogP contribution in [-0.2, 0) is 0 Å². The van der Waals surface area contributed by atoms with Crippen molar-refractivity contribution >= 4 is 11.7 Å². The van der Waals surface area contributed by atoms with Gasteiger partial charge in [0.2, 0.25) is 5.89 Å². The molecule has 0 aliphatic heterocycles. The Hall–Kier alpha value is -3.53. The largest absolute Gasteiger partial charge is 0.487 e. The first-order valence-corrected chi connectivity index (χ1v) is 8.09. The number of benzene rings is 1. The second-order valence-electron chi connectivity index (χ2n) is 5.68. The van der Waals surface area contributed by atoms with E-state index in [0.717, 1.165) is 12.1 Å². The Bertz CT molecular complexity index is 992. The van der Waals surface area contributed by atoms with Crippen molar-refractivity contribution in [2.45, 2.75) is 6.10 Å². The third kappa shape index (κ3) is 3.91. The standard InChI is InChI=1S/C18H16F2N4O4/c1-22-14-5-2-9(6-23-14)11-7-28-18(24-11)12(25)8-27-13-4-3-10(19)15(16(13)20)17(21)26/h2-7,12,25H,8H2,1H3,(H2,21,26)(H,22,23). The van der Waals surface area contributed by atoms with Crippen LogP contribution in [0.25, 0.3) is 11.3 Å². The van der Waals surface area contributed by atoms with Gasteiger partial charge in [-0.3, -0.25) is 4.79 Å². The number of nitrogens with zero attached hydrogens (tertiary/aromatic N) is 2. The van der Waals surface area contributed by atoms with Gasteiger partial charge in [0.25, 0.3) is 5.91 Å². The van der Waals surface area contributed by atoms with Crippen LogP contribution in [0.1, 0.15) is 22.4 Å². The van der Waals surface area contributed by atoms with E-state index < -0.39 is 41.6 Å². The van der Waals surface area contributed by atoms with Crippen molar-refractivity contribution in [1.29, 1.82) is 0 Å².